The number of thioether (sulfide) groups is 1. The van der Waals surface area contributed by atoms with Crippen LogP contribution in [0.15, 0.2) is 0 Å². The highest BCUT2D eigenvalue weighted by molar-refractivity contribution is 7.99. The van der Waals surface area contributed by atoms with Gasteiger partial charge >= 0.3 is 0 Å². The molecule has 1 saturated heterocycles. The minimum atomic E-state index is -0.411. The first kappa shape index (κ1) is 9.45. The molecule has 1 aliphatic heterocycles. The molecule has 0 N–H and O–H groups in total. The largest absolute Gasteiger partial charge is 0.368 e. The summed E-state index contributed by atoms with van der Waals surface area (Å²) in [6.45, 7) is 0.926. The van der Waals surface area contributed by atoms with Crippen LogP contribution in [0.3, 0.4) is 0 Å². The van der Waals surface area contributed by atoms with Gasteiger partial charge in [0.15, 0.2) is 0 Å². The summed E-state index contributed by atoms with van der Waals surface area (Å²) in [4.78, 5) is 0. The van der Waals surface area contributed by atoms with Crippen LogP contribution in [-0.4, -0.2) is 22.1 Å². The molecule has 0 bridgehead atoms. The predicted octanol–water partition coefficient (Wildman–Crippen LogP) is 3.05. The lowest BCUT2D eigenvalue weighted by molar-refractivity contribution is 0.173. The van der Waals surface area contributed by atoms with Crippen LogP contribution in [0.4, 0.5) is 0 Å². The Morgan fingerprint density at radius 1 is 1.50 bits per heavy atom. The monoisotopic (exact) mass is 226 g/mol. The summed E-state index contributed by atoms with van der Waals surface area (Å²) in [5.74, 6) is 1.55. The molecule has 0 aromatic rings. The second kappa shape index (κ2) is 3.56. The van der Waals surface area contributed by atoms with Gasteiger partial charge in [-0.1, -0.05) is 0 Å². The maximum atomic E-state index is 5.90. The molecule has 70 valence electrons. The van der Waals surface area contributed by atoms with Gasteiger partial charge in [0.05, 0.1) is 0 Å². The van der Waals surface area contributed by atoms with Crippen molar-refractivity contribution in [1.29, 1.82) is 0 Å². The van der Waals surface area contributed by atoms with E-state index in [1.165, 1.54) is 12.8 Å². The number of ether oxygens (including phenoxy) is 1. The van der Waals surface area contributed by atoms with Gasteiger partial charge in [0.1, 0.15) is 9.77 Å². The van der Waals surface area contributed by atoms with Crippen molar-refractivity contribution in [3.63, 3.8) is 0 Å². The standard InChI is InChI=1S/C8H12Cl2OS/c9-8(10)4-6(8)5-12-7-2-1-3-11-7/h6-7H,1-5H2. The molecule has 0 amide bonds. The lowest BCUT2D eigenvalue weighted by atomic mass is 10.4. The number of alkyl halides is 2. The average Bonchev–Trinajstić information content (AvgIpc) is 2.54. The molecule has 2 unspecified atom stereocenters. The summed E-state index contributed by atoms with van der Waals surface area (Å²) < 4.78 is 5.06. The zero-order valence-electron chi connectivity index (χ0n) is 6.76. The van der Waals surface area contributed by atoms with Crippen molar-refractivity contribution in [1.82, 2.24) is 0 Å². The summed E-state index contributed by atoms with van der Waals surface area (Å²) in [7, 11) is 0. The van der Waals surface area contributed by atoms with Crippen LogP contribution >= 0.6 is 35.0 Å². The van der Waals surface area contributed by atoms with Crippen LogP contribution in [0.2, 0.25) is 0 Å². The Balaban J connectivity index is 1.63. The van der Waals surface area contributed by atoms with E-state index in [9.17, 15) is 0 Å². The lowest BCUT2D eigenvalue weighted by Crippen LogP contribution is -2.02. The van der Waals surface area contributed by atoms with Crippen molar-refractivity contribution in [3.05, 3.63) is 0 Å². The average molecular weight is 227 g/mol. The fraction of sp³-hybridized carbons (Fsp3) is 1.00. The maximum absolute atomic E-state index is 5.90. The third-order valence-electron chi connectivity index (χ3n) is 2.33. The molecular formula is C8H12Cl2OS. The molecule has 0 aromatic carbocycles. The zero-order chi connectivity index (χ0) is 8.60. The van der Waals surface area contributed by atoms with Gasteiger partial charge in [0.25, 0.3) is 0 Å². The van der Waals surface area contributed by atoms with E-state index < -0.39 is 4.33 Å². The van der Waals surface area contributed by atoms with Crippen LogP contribution in [0.1, 0.15) is 19.3 Å². The van der Waals surface area contributed by atoms with E-state index in [4.69, 9.17) is 27.9 Å². The first-order valence-electron chi connectivity index (χ1n) is 4.29. The van der Waals surface area contributed by atoms with E-state index in [1.807, 2.05) is 11.8 Å². The van der Waals surface area contributed by atoms with Crippen molar-refractivity contribution in [2.45, 2.75) is 29.0 Å². The van der Waals surface area contributed by atoms with Crippen LogP contribution in [0.5, 0.6) is 0 Å². The van der Waals surface area contributed by atoms with E-state index in [-0.39, 0.29) is 0 Å². The molecular weight excluding hydrogens is 215 g/mol. The molecule has 2 aliphatic rings. The molecule has 2 atom stereocenters. The number of hydrogen-bond acceptors (Lipinski definition) is 2. The Kier molecular flexibility index (Phi) is 2.81. The molecule has 0 radical (unpaired) electrons. The molecule has 1 nitrogen and oxygen atoms in total. The summed E-state index contributed by atoms with van der Waals surface area (Å²) in [6.07, 6.45) is 3.35. The van der Waals surface area contributed by atoms with Crippen molar-refractivity contribution >= 4 is 35.0 Å². The zero-order valence-corrected chi connectivity index (χ0v) is 9.09. The van der Waals surface area contributed by atoms with Gasteiger partial charge in [-0.25, -0.2) is 0 Å². The molecule has 1 saturated carbocycles. The smallest absolute Gasteiger partial charge is 0.122 e. The topological polar surface area (TPSA) is 9.23 Å². The number of rotatable bonds is 3. The van der Waals surface area contributed by atoms with Crippen LogP contribution in [0, 0.1) is 5.92 Å². The number of hydrogen-bond donors (Lipinski definition) is 0. The minimum Gasteiger partial charge on any atom is -0.368 e. The molecule has 2 rings (SSSR count). The third kappa shape index (κ3) is 2.22. The molecule has 2 fully saturated rings. The van der Waals surface area contributed by atoms with Gasteiger partial charge in [-0.3, -0.25) is 0 Å². The molecule has 0 spiro atoms. The maximum Gasteiger partial charge on any atom is 0.122 e. The van der Waals surface area contributed by atoms with Crippen molar-refractivity contribution < 1.29 is 4.74 Å². The van der Waals surface area contributed by atoms with Crippen molar-refractivity contribution in [2.75, 3.05) is 12.4 Å². The molecule has 4 heteroatoms. The van der Waals surface area contributed by atoms with Gasteiger partial charge in [0.2, 0.25) is 0 Å². The Morgan fingerprint density at radius 3 is 2.75 bits per heavy atom. The summed E-state index contributed by atoms with van der Waals surface area (Å²) in [5.41, 5.74) is 0.412. The van der Waals surface area contributed by atoms with E-state index >= 15 is 0 Å². The second-order valence-corrected chi connectivity index (χ2v) is 6.17. The van der Waals surface area contributed by atoms with Gasteiger partial charge in [-0.15, -0.1) is 35.0 Å². The van der Waals surface area contributed by atoms with Crippen LogP contribution < -0.4 is 0 Å². The van der Waals surface area contributed by atoms with Gasteiger partial charge in [-0.05, 0) is 19.3 Å². The Morgan fingerprint density at radius 2 is 2.25 bits per heavy atom. The molecule has 0 aromatic heterocycles. The van der Waals surface area contributed by atoms with Crippen LogP contribution in [0.25, 0.3) is 0 Å². The van der Waals surface area contributed by atoms with E-state index in [0.29, 0.717) is 11.4 Å². The van der Waals surface area contributed by atoms with Crippen molar-refractivity contribution in [3.8, 4) is 0 Å². The van der Waals surface area contributed by atoms with Crippen molar-refractivity contribution in [2.24, 2.45) is 5.92 Å². The fourth-order valence-corrected chi connectivity index (χ4v) is 3.44. The first-order chi connectivity index (χ1) is 5.68. The summed E-state index contributed by atoms with van der Waals surface area (Å²) in [6, 6.07) is 0. The highest BCUT2D eigenvalue weighted by Gasteiger charge is 2.51. The normalized spacial score (nSPS) is 38.5. The molecule has 12 heavy (non-hydrogen) atoms. The van der Waals surface area contributed by atoms with Crippen LogP contribution in [-0.2, 0) is 4.74 Å². The molecule has 1 aliphatic carbocycles. The SMILES string of the molecule is ClC1(Cl)CC1CSC1CCCO1. The minimum absolute atomic E-state index is 0.411. The quantitative estimate of drug-likeness (QED) is 0.685. The summed E-state index contributed by atoms with van der Waals surface area (Å²) in [5, 5.41) is 0. The Hall–Kier alpha value is 0.890. The first-order valence-corrected chi connectivity index (χ1v) is 6.10. The van der Waals surface area contributed by atoms with E-state index in [1.54, 1.807) is 0 Å². The van der Waals surface area contributed by atoms with Gasteiger partial charge in [-0.2, -0.15) is 0 Å². The summed E-state index contributed by atoms with van der Waals surface area (Å²) >= 11 is 13.7. The Labute approximate surface area is 87.1 Å². The van der Waals surface area contributed by atoms with Gasteiger partial charge in [0, 0.05) is 18.3 Å². The lowest BCUT2D eigenvalue weighted by Gasteiger charge is -2.07. The predicted molar refractivity (Wildman–Crippen MR) is 54.0 cm³/mol. The third-order valence-corrected chi connectivity index (χ3v) is 4.59. The second-order valence-electron chi connectivity index (χ2n) is 3.44. The highest BCUT2D eigenvalue weighted by atomic mass is 35.5. The van der Waals surface area contributed by atoms with E-state index in [0.717, 1.165) is 18.8 Å². The van der Waals surface area contributed by atoms with E-state index in [2.05, 4.69) is 0 Å². The Bertz CT molecular complexity index is 164. The fourth-order valence-electron chi connectivity index (χ4n) is 1.35. The number of halogens is 2. The van der Waals surface area contributed by atoms with Gasteiger partial charge < -0.3 is 4.74 Å². The molecule has 1 heterocycles. The highest BCUT2D eigenvalue weighted by Crippen LogP contribution is 2.54.